The Bertz CT molecular complexity index is 813. The van der Waals surface area contributed by atoms with Gasteiger partial charge in [0, 0.05) is 31.9 Å². The molecule has 1 aromatic heterocycles. The van der Waals surface area contributed by atoms with Gasteiger partial charge in [0.1, 0.15) is 12.4 Å². The second kappa shape index (κ2) is 6.66. The fraction of sp³-hybridized carbons (Fsp3) is 0.235. The molecule has 0 unspecified atom stereocenters. The fourth-order valence-electron chi connectivity index (χ4n) is 2.63. The summed E-state index contributed by atoms with van der Waals surface area (Å²) in [6.07, 6.45) is 1.34. The van der Waals surface area contributed by atoms with Gasteiger partial charge >= 0.3 is 0 Å². The highest BCUT2D eigenvalue weighted by molar-refractivity contribution is 5.96. The molecular weight excluding hydrogens is 313 g/mol. The molecule has 0 bridgehead atoms. The van der Waals surface area contributed by atoms with Crippen molar-refractivity contribution < 1.29 is 14.0 Å². The summed E-state index contributed by atoms with van der Waals surface area (Å²) in [5, 5.41) is 0. The largest absolute Gasteiger partial charge is 0.335 e. The Kier molecular flexibility index (Phi) is 4.41. The van der Waals surface area contributed by atoms with Crippen molar-refractivity contribution in [1.82, 2.24) is 14.8 Å². The molecule has 0 atom stereocenters. The van der Waals surface area contributed by atoms with E-state index < -0.39 is 0 Å². The number of aromatic nitrogens is 1. The quantitative estimate of drug-likeness (QED) is 0.913. The molecule has 2 heterocycles. The number of hydrogen-bond donors (Lipinski definition) is 1. The molecule has 1 saturated heterocycles. The number of aromatic amines is 1. The third kappa shape index (κ3) is 3.51. The van der Waals surface area contributed by atoms with Crippen molar-refractivity contribution in [2.75, 3.05) is 19.6 Å². The molecule has 0 aliphatic carbocycles. The second-order valence-corrected chi connectivity index (χ2v) is 5.61. The zero-order chi connectivity index (χ0) is 17.1. The van der Waals surface area contributed by atoms with Gasteiger partial charge in [-0.25, -0.2) is 4.39 Å². The molecule has 1 fully saturated rings. The van der Waals surface area contributed by atoms with Crippen LogP contribution in [-0.2, 0) is 11.3 Å². The standard InChI is InChI=1S/C17H16FN3O3/c18-14-3-1-2-12(8-14)10-20-6-7-21(11-16(20)23)17(24)13-4-5-15(22)19-9-13/h1-5,8-9H,6-7,10-11H2,(H,19,22). The van der Waals surface area contributed by atoms with Gasteiger partial charge in [0.15, 0.2) is 0 Å². The van der Waals surface area contributed by atoms with Crippen LogP contribution in [0.4, 0.5) is 4.39 Å². The minimum atomic E-state index is -0.341. The van der Waals surface area contributed by atoms with Gasteiger partial charge in [0.2, 0.25) is 11.5 Å². The number of halogens is 1. The summed E-state index contributed by atoms with van der Waals surface area (Å²) in [6, 6.07) is 8.82. The lowest BCUT2D eigenvalue weighted by Gasteiger charge is -2.34. The van der Waals surface area contributed by atoms with Crippen LogP contribution in [0.25, 0.3) is 0 Å². The van der Waals surface area contributed by atoms with Crippen LogP contribution in [0.2, 0.25) is 0 Å². The third-order valence-corrected chi connectivity index (χ3v) is 3.90. The number of hydrogen-bond acceptors (Lipinski definition) is 3. The second-order valence-electron chi connectivity index (χ2n) is 5.61. The molecule has 1 aromatic carbocycles. The molecule has 1 aliphatic heterocycles. The first-order chi connectivity index (χ1) is 11.5. The molecule has 3 rings (SSSR count). The Morgan fingerprint density at radius 2 is 2.00 bits per heavy atom. The molecule has 1 N–H and O–H groups in total. The topological polar surface area (TPSA) is 73.5 Å². The summed E-state index contributed by atoms with van der Waals surface area (Å²) in [7, 11) is 0. The lowest BCUT2D eigenvalue weighted by molar-refractivity contribution is -0.135. The average molecular weight is 329 g/mol. The van der Waals surface area contributed by atoms with Crippen LogP contribution in [-0.4, -0.2) is 46.2 Å². The van der Waals surface area contributed by atoms with Crippen LogP contribution < -0.4 is 5.56 Å². The summed E-state index contributed by atoms with van der Waals surface area (Å²) in [4.78, 5) is 41.1. The summed E-state index contributed by atoms with van der Waals surface area (Å²) < 4.78 is 13.2. The summed E-state index contributed by atoms with van der Waals surface area (Å²) in [5.41, 5.74) is 0.757. The number of carbonyl (C=O) groups excluding carboxylic acids is 2. The molecule has 2 aromatic rings. The highest BCUT2D eigenvalue weighted by atomic mass is 19.1. The zero-order valence-corrected chi connectivity index (χ0v) is 12.9. The Labute approximate surface area is 137 Å². The predicted octanol–water partition coefficient (Wildman–Crippen LogP) is 0.999. The van der Waals surface area contributed by atoms with Crippen LogP contribution in [0, 0.1) is 5.82 Å². The van der Waals surface area contributed by atoms with Gasteiger partial charge in [-0.15, -0.1) is 0 Å². The van der Waals surface area contributed by atoms with E-state index >= 15 is 0 Å². The van der Waals surface area contributed by atoms with Crippen LogP contribution in [0.15, 0.2) is 47.4 Å². The first kappa shape index (κ1) is 15.9. The molecule has 6 nitrogen and oxygen atoms in total. The van der Waals surface area contributed by atoms with E-state index in [4.69, 9.17) is 0 Å². The van der Waals surface area contributed by atoms with Gasteiger partial charge in [-0.1, -0.05) is 12.1 Å². The fourth-order valence-corrected chi connectivity index (χ4v) is 2.63. The molecule has 1 aliphatic rings. The van der Waals surface area contributed by atoms with Crippen LogP contribution in [0.1, 0.15) is 15.9 Å². The smallest absolute Gasteiger partial charge is 0.255 e. The SMILES string of the molecule is O=C1CN(C(=O)c2ccc(=O)[nH]c2)CCN1Cc1cccc(F)c1. The average Bonchev–Trinajstić information content (AvgIpc) is 2.57. The van der Waals surface area contributed by atoms with Crippen molar-refractivity contribution in [3.8, 4) is 0 Å². The van der Waals surface area contributed by atoms with E-state index in [1.807, 2.05) is 0 Å². The number of benzene rings is 1. The Hall–Kier alpha value is -2.96. The normalized spacial score (nSPS) is 14.8. The Morgan fingerprint density at radius 3 is 2.67 bits per heavy atom. The van der Waals surface area contributed by atoms with E-state index in [9.17, 15) is 18.8 Å². The van der Waals surface area contributed by atoms with Crippen molar-refractivity contribution >= 4 is 11.8 Å². The number of pyridine rings is 1. The van der Waals surface area contributed by atoms with Gasteiger partial charge in [-0.05, 0) is 23.8 Å². The van der Waals surface area contributed by atoms with Crippen LogP contribution >= 0.6 is 0 Å². The maximum Gasteiger partial charge on any atom is 0.255 e. The molecule has 0 saturated carbocycles. The van der Waals surface area contributed by atoms with Gasteiger partial charge in [0.05, 0.1) is 5.56 Å². The Balaban J connectivity index is 1.64. The van der Waals surface area contributed by atoms with Crippen molar-refractivity contribution in [2.45, 2.75) is 6.54 Å². The number of carbonyl (C=O) groups is 2. The molecule has 0 radical (unpaired) electrons. The maximum atomic E-state index is 13.2. The first-order valence-electron chi connectivity index (χ1n) is 7.53. The van der Waals surface area contributed by atoms with E-state index in [0.29, 0.717) is 30.8 Å². The molecular formula is C17H16FN3O3. The number of piperazine rings is 1. The zero-order valence-electron chi connectivity index (χ0n) is 12.9. The van der Waals surface area contributed by atoms with Gasteiger partial charge in [0.25, 0.3) is 5.91 Å². The highest BCUT2D eigenvalue weighted by Crippen LogP contribution is 2.13. The lowest BCUT2D eigenvalue weighted by atomic mass is 10.1. The summed E-state index contributed by atoms with van der Waals surface area (Å²) in [5.74, 6) is -0.833. The monoisotopic (exact) mass is 329 g/mol. The maximum absolute atomic E-state index is 13.2. The van der Waals surface area contributed by atoms with Gasteiger partial charge < -0.3 is 14.8 Å². The van der Waals surface area contributed by atoms with E-state index in [1.54, 1.807) is 17.0 Å². The van der Waals surface area contributed by atoms with E-state index in [0.717, 1.165) is 0 Å². The number of nitrogens with zero attached hydrogens (tertiary/aromatic N) is 2. The first-order valence-corrected chi connectivity index (χ1v) is 7.53. The number of H-pyrrole nitrogens is 1. The summed E-state index contributed by atoms with van der Waals surface area (Å²) in [6.45, 7) is 1.05. The van der Waals surface area contributed by atoms with E-state index in [2.05, 4.69) is 4.98 Å². The van der Waals surface area contributed by atoms with Crippen molar-refractivity contribution in [2.24, 2.45) is 0 Å². The van der Waals surface area contributed by atoms with Crippen molar-refractivity contribution in [1.29, 1.82) is 0 Å². The minimum Gasteiger partial charge on any atom is -0.335 e. The minimum absolute atomic E-state index is 0.0344. The van der Waals surface area contributed by atoms with Gasteiger partial charge in [-0.2, -0.15) is 0 Å². The lowest BCUT2D eigenvalue weighted by Crippen LogP contribution is -2.51. The number of nitrogens with one attached hydrogen (secondary N) is 1. The van der Waals surface area contributed by atoms with Crippen LogP contribution in [0.5, 0.6) is 0 Å². The molecule has 0 spiro atoms. The molecule has 24 heavy (non-hydrogen) atoms. The summed E-state index contributed by atoms with van der Waals surface area (Å²) >= 11 is 0. The highest BCUT2D eigenvalue weighted by Gasteiger charge is 2.27. The van der Waals surface area contributed by atoms with Crippen molar-refractivity contribution in [3.05, 3.63) is 69.9 Å². The van der Waals surface area contributed by atoms with E-state index in [-0.39, 0.29) is 29.7 Å². The molecule has 2 amide bonds. The molecule has 7 heteroatoms. The van der Waals surface area contributed by atoms with Crippen molar-refractivity contribution in [3.63, 3.8) is 0 Å². The third-order valence-electron chi connectivity index (χ3n) is 3.90. The van der Waals surface area contributed by atoms with Crippen LogP contribution in [0.3, 0.4) is 0 Å². The number of rotatable bonds is 3. The number of amides is 2. The van der Waals surface area contributed by atoms with E-state index in [1.165, 1.54) is 35.4 Å². The Morgan fingerprint density at radius 1 is 1.17 bits per heavy atom. The predicted molar refractivity (Wildman–Crippen MR) is 84.8 cm³/mol. The molecule has 124 valence electrons. The van der Waals surface area contributed by atoms with Gasteiger partial charge in [-0.3, -0.25) is 14.4 Å².